The topological polar surface area (TPSA) is 30.2 Å². The van der Waals surface area contributed by atoms with Crippen LogP contribution in [0.3, 0.4) is 0 Å². The molecule has 0 spiro atoms. The van der Waals surface area contributed by atoms with E-state index in [9.17, 15) is 0 Å². The van der Waals surface area contributed by atoms with Crippen molar-refractivity contribution in [1.29, 1.82) is 0 Å². The van der Waals surface area contributed by atoms with Crippen molar-refractivity contribution in [2.75, 3.05) is 0 Å². The van der Waals surface area contributed by atoms with Gasteiger partial charge in [0.2, 0.25) is 0 Å². The molecule has 0 aliphatic rings. The zero-order valence-electron chi connectivity index (χ0n) is 7.18. The Morgan fingerprint density at radius 2 is 2.07 bits per heavy atom. The Kier molecular flexibility index (Phi) is 1.58. The first-order chi connectivity index (χ1) is 6.84. The fraction of sp³-hybridized carbons (Fsp3) is 0. The van der Waals surface area contributed by atoms with E-state index < -0.39 is 0 Å². The minimum absolute atomic E-state index is 0.761. The molecule has 0 radical (unpaired) electrons. The van der Waals surface area contributed by atoms with E-state index in [-0.39, 0.29) is 0 Å². The second-order valence-corrected chi connectivity index (χ2v) is 3.97. The molecule has 4 heteroatoms. The molecular formula is C10H6BrN3. The first kappa shape index (κ1) is 7.94. The minimum atomic E-state index is 0.761. The molecule has 3 rings (SSSR count). The van der Waals surface area contributed by atoms with Gasteiger partial charge in [0.1, 0.15) is 0 Å². The van der Waals surface area contributed by atoms with Crippen LogP contribution in [0.4, 0.5) is 0 Å². The molecule has 3 nitrogen and oxygen atoms in total. The van der Waals surface area contributed by atoms with Crippen molar-refractivity contribution in [2.24, 2.45) is 0 Å². The smallest absolute Gasteiger partial charge is 0.176 e. The number of hydrogen-bond acceptors (Lipinski definition) is 2. The third-order valence-corrected chi connectivity index (χ3v) is 2.61. The molecule has 0 atom stereocenters. The number of pyridine rings is 1. The van der Waals surface area contributed by atoms with E-state index >= 15 is 0 Å². The minimum Gasteiger partial charge on any atom is -0.312 e. The number of nitrogens with zero attached hydrogens (tertiary/aromatic N) is 3. The molecule has 0 bridgehead atoms. The summed E-state index contributed by atoms with van der Waals surface area (Å²) in [5.74, 6) is 0. The van der Waals surface area contributed by atoms with Gasteiger partial charge in [0.15, 0.2) is 5.65 Å². The van der Waals surface area contributed by atoms with Crippen molar-refractivity contribution < 1.29 is 0 Å². The largest absolute Gasteiger partial charge is 0.312 e. The average molecular weight is 248 g/mol. The summed E-state index contributed by atoms with van der Waals surface area (Å²) in [5, 5.41) is 0. The summed E-state index contributed by atoms with van der Waals surface area (Å²) in [6.45, 7) is 0. The molecule has 0 aliphatic carbocycles. The van der Waals surface area contributed by atoms with Crippen LogP contribution in [0.25, 0.3) is 16.7 Å². The van der Waals surface area contributed by atoms with Crippen LogP contribution in [-0.4, -0.2) is 14.4 Å². The lowest BCUT2D eigenvalue weighted by molar-refractivity contribution is 1.18. The van der Waals surface area contributed by atoms with Gasteiger partial charge in [-0.2, -0.15) is 0 Å². The average Bonchev–Trinajstić information content (AvgIpc) is 2.65. The number of rotatable bonds is 0. The maximum absolute atomic E-state index is 4.27. The standard InChI is InChI=1S/C10H6BrN3/c11-7-4-9-10(12-5-7)13-6-8-2-1-3-14(8)9/h1-6H. The lowest BCUT2D eigenvalue weighted by atomic mass is 10.4. The van der Waals surface area contributed by atoms with Crippen molar-refractivity contribution in [2.45, 2.75) is 0 Å². The quantitative estimate of drug-likeness (QED) is 0.612. The zero-order valence-corrected chi connectivity index (χ0v) is 8.77. The molecule has 3 heterocycles. The lowest BCUT2D eigenvalue weighted by Gasteiger charge is -2.01. The third-order valence-electron chi connectivity index (χ3n) is 2.17. The number of hydrogen-bond donors (Lipinski definition) is 0. The maximum Gasteiger partial charge on any atom is 0.176 e. The molecule has 0 saturated carbocycles. The first-order valence-electron chi connectivity index (χ1n) is 4.22. The Morgan fingerprint density at radius 3 is 3.00 bits per heavy atom. The van der Waals surface area contributed by atoms with E-state index in [1.54, 1.807) is 6.20 Å². The van der Waals surface area contributed by atoms with Crippen molar-refractivity contribution in [3.63, 3.8) is 0 Å². The Labute approximate surface area is 88.5 Å². The lowest BCUT2D eigenvalue weighted by Crippen LogP contribution is -1.91. The van der Waals surface area contributed by atoms with Crippen LogP contribution >= 0.6 is 15.9 Å². The SMILES string of the molecule is Brc1cnc2ncc3cccn3c2c1. The van der Waals surface area contributed by atoms with E-state index in [1.807, 2.05) is 30.6 Å². The third kappa shape index (κ3) is 1.04. The van der Waals surface area contributed by atoms with Crippen LogP contribution in [0, 0.1) is 0 Å². The summed E-state index contributed by atoms with van der Waals surface area (Å²) in [6, 6.07) is 6.03. The van der Waals surface area contributed by atoms with Gasteiger partial charge in [-0.1, -0.05) is 0 Å². The van der Waals surface area contributed by atoms with E-state index in [4.69, 9.17) is 0 Å². The highest BCUT2D eigenvalue weighted by atomic mass is 79.9. The summed E-state index contributed by atoms with van der Waals surface area (Å²) >= 11 is 3.40. The van der Waals surface area contributed by atoms with E-state index in [0.29, 0.717) is 0 Å². The van der Waals surface area contributed by atoms with Gasteiger partial charge in [0, 0.05) is 16.9 Å². The molecule has 0 amide bonds. The summed E-state index contributed by atoms with van der Waals surface area (Å²) in [5.41, 5.74) is 2.86. The van der Waals surface area contributed by atoms with E-state index in [2.05, 4.69) is 30.3 Å². The first-order valence-corrected chi connectivity index (χ1v) is 5.01. The van der Waals surface area contributed by atoms with Crippen molar-refractivity contribution in [3.8, 4) is 0 Å². The van der Waals surface area contributed by atoms with Gasteiger partial charge in [0.25, 0.3) is 0 Å². The number of halogens is 1. The number of fused-ring (bicyclic) bond motifs is 3. The fourth-order valence-electron chi connectivity index (χ4n) is 1.54. The molecule has 0 aliphatic heterocycles. The molecule has 0 N–H and O–H groups in total. The molecule has 14 heavy (non-hydrogen) atoms. The van der Waals surface area contributed by atoms with E-state index in [1.165, 1.54) is 0 Å². The molecule has 0 fully saturated rings. The molecular weight excluding hydrogens is 242 g/mol. The van der Waals surface area contributed by atoms with Crippen LogP contribution in [0.1, 0.15) is 0 Å². The van der Waals surface area contributed by atoms with Crippen LogP contribution in [0.2, 0.25) is 0 Å². The van der Waals surface area contributed by atoms with Gasteiger partial charge in [0.05, 0.1) is 17.2 Å². The van der Waals surface area contributed by atoms with Crippen molar-refractivity contribution in [1.82, 2.24) is 14.4 Å². The molecule has 3 aromatic heterocycles. The zero-order chi connectivity index (χ0) is 9.54. The maximum atomic E-state index is 4.27. The normalized spacial score (nSPS) is 11.2. The molecule has 3 aromatic rings. The Balaban J connectivity index is 2.60. The van der Waals surface area contributed by atoms with Crippen LogP contribution in [0.15, 0.2) is 41.3 Å². The molecule has 0 unspecified atom stereocenters. The predicted octanol–water partition coefficient (Wildman–Crippen LogP) is 2.64. The molecule has 68 valence electrons. The number of aromatic nitrogens is 3. The van der Waals surface area contributed by atoms with Gasteiger partial charge in [-0.25, -0.2) is 9.97 Å². The highest BCUT2D eigenvalue weighted by molar-refractivity contribution is 9.10. The monoisotopic (exact) mass is 247 g/mol. The van der Waals surface area contributed by atoms with Gasteiger partial charge in [-0.3, -0.25) is 0 Å². The van der Waals surface area contributed by atoms with Gasteiger partial charge >= 0.3 is 0 Å². The Hall–Kier alpha value is -1.42. The summed E-state index contributed by atoms with van der Waals surface area (Å²) in [7, 11) is 0. The van der Waals surface area contributed by atoms with Gasteiger partial charge < -0.3 is 4.40 Å². The van der Waals surface area contributed by atoms with Gasteiger partial charge in [-0.05, 0) is 34.1 Å². The predicted molar refractivity (Wildman–Crippen MR) is 58.2 cm³/mol. The van der Waals surface area contributed by atoms with E-state index in [0.717, 1.165) is 21.2 Å². The van der Waals surface area contributed by atoms with Crippen molar-refractivity contribution >= 4 is 32.6 Å². The van der Waals surface area contributed by atoms with Crippen LogP contribution in [-0.2, 0) is 0 Å². The molecule has 0 saturated heterocycles. The molecule has 0 aromatic carbocycles. The van der Waals surface area contributed by atoms with Crippen LogP contribution in [0.5, 0.6) is 0 Å². The second-order valence-electron chi connectivity index (χ2n) is 3.06. The fourth-order valence-corrected chi connectivity index (χ4v) is 1.86. The Morgan fingerprint density at radius 1 is 1.21 bits per heavy atom. The van der Waals surface area contributed by atoms with Crippen LogP contribution < -0.4 is 0 Å². The second kappa shape index (κ2) is 2.78. The van der Waals surface area contributed by atoms with Gasteiger partial charge in [-0.15, -0.1) is 0 Å². The summed E-state index contributed by atoms with van der Waals surface area (Å²) in [6.07, 6.45) is 5.58. The van der Waals surface area contributed by atoms with Crippen molar-refractivity contribution in [3.05, 3.63) is 41.3 Å². The summed E-state index contributed by atoms with van der Waals surface area (Å²) in [4.78, 5) is 8.50. The highest BCUT2D eigenvalue weighted by Gasteiger charge is 2.01. The summed E-state index contributed by atoms with van der Waals surface area (Å²) < 4.78 is 3.04. The Bertz CT molecular complexity index is 615. The highest BCUT2D eigenvalue weighted by Crippen LogP contribution is 2.17.